The Morgan fingerprint density at radius 3 is 2.00 bits per heavy atom. The van der Waals surface area contributed by atoms with Crippen molar-refractivity contribution in [2.45, 2.75) is 12.8 Å². The number of halogens is 2. The second kappa shape index (κ2) is 5.52. The predicted octanol–water partition coefficient (Wildman–Crippen LogP) is 3.17. The molecule has 2 aromatic rings. The van der Waals surface area contributed by atoms with Gasteiger partial charge in [0.1, 0.15) is 0 Å². The van der Waals surface area contributed by atoms with Gasteiger partial charge in [0.2, 0.25) is 0 Å². The zero-order chi connectivity index (χ0) is 17.5. The molecule has 2 amide bonds. The number of rotatable bonds is 3. The Labute approximate surface area is 135 Å². The van der Waals surface area contributed by atoms with E-state index in [1.165, 1.54) is 24.3 Å². The molecule has 0 fully saturated rings. The van der Waals surface area contributed by atoms with Crippen LogP contribution in [0.15, 0.2) is 48.5 Å². The topological polar surface area (TPSA) is 63.7 Å². The van der Waals surface area contributed by atoms with Gasteiger partial charge in [-0.2, -0.15) is 0 Å². The first kappa shape index (κ1) is 15.8. The third-order valence-electron chi connectivity index (χ3n) is 3.55. The molecule has 3 rings (SSSR count). The molecule has 0 aliphatic carbocycles. The molecular weight excluding hydrogens is 320 g/mol. The molecule has 0 radical (unpaired) electrons. The van der Waals surface area contributed by atoms with Gasteiger partial charge >= 0.3 is 5.97 Å². The van der Waals surface area contributed by atoms with Crippen LogP contribution in [0, 0.1) is 0 Å². The van der Waals surface area contributed by atoms with Gasteiger partial charge in [0.25, 0.3) is 17.7 Å². The summed E-state index contributed by atoms with van der Waals surface area (Å²) in [4.78, 5) is 41.3. The number of hydrogen-bond donors (Lipinski definition) is 0. The van der Waals surface area contributed by atoms with E-state index in [4.69, 9.17) is 4.84 Å². The van der Waals surface area contributed by atoms with Crippen LogP contribution in [0.2, 0.25) is 0 Å². The first-order valence-corrected chi connectivity index (χ1v) is 6.98. The Bertz CT molecular complexity index is 823. The van der Waals surface area contributed by atoms with Crippen molar-refractivity contribution in [3.8, 4) is 0 Å². The van der Waals surface area contributed by atoms with E-state index in [-0.39, 0.29) is 16.2 Å². The fraction of sp³-hybridized carbons (Fsp3) is 0.118. The number of amides is 2. The average molecular weight is 331 g/mol. The van der Waals surface area contributed by atoms with Gasteiger partial charge in [0.15, 0.2) is 0 Å². The molecule has 122 valence electrons. The second-order valence-corrected chi connectivity index (χ2v) is 5.26. The number of fused-ring (bicyclic) bond motifs is 1. The molecule has 24 heavy (non-hydrogen) atoms. The maximum absolute atomic E-state index is 13.6. The van der Waals surface area contributed by atoms with Crippen molar-refractivity contribution in [3.05, 3.63) is 70.8 Å². The highest BCUT2D eigenvalue weighted by Crippen LogP contribution is 2.31. The van der Waals surface area contributed by atoms with E-state index in [1.807, 2.05) is 0 Å². The third kappa shape index (κ3) is 2.54. The number of benzene rings is 2. The molecule has 0 bridgehead atoms. The molecule has 0 unspecified atom stereocenters. The van der Waals surface area contributed by atoms with Gasteiger partial charge in [-0.1, -0.05) is 35.4 Å². The molecule has 1 heterocycles. The van der Waals surface area contributed by atoms with Crippen molar-refractivity contribution in [2.75, 3.05) is 0 Å². The van der Waals surface area contributed by atoms with Crippen LogP contribution in [0.1, 0.15) is 43.6 Å². The van der Waals surface area contributed by atoms with Gasteiger partial charge in [0.05, 0.1) is 16.7 Å². The molecule has 2 aromatic carbocycles. The van der Waals surface area contributed by atoms with Gasteiger partial charge in [0, 0.05) is 12.5 Å². The van der Waals surface area contributed by atoms with Crippen LogP contribution in [0.3, 0.4) is 0 Å². The van der Waals surface area contributed by atoms with Gasteiger partial charge < -0.3 is 4.84 Å². The summed E-state index contributed by atoms with van der Waals surface area (Å²) < 4.78 is 27.2. The molecule has 0 saturated carbocycles. The van der Waals surface area contributed by atoms with Gasteiger partial charge in [-0.3, -0.25) is 9.59 Å². The highest BCUT2D eigenvalue weighted by molar-refractivity contribution is 6.21. The summed E-state index contributed by atoms with van der Waals surface area (Å²) in [5.41, 5.74) is -0.790. The lowest BCUT2D eigenvalue weighted by atomic mass is 10.0. The first-order chi connectivity index (χ1) is 11.3. The number of alkyl halides is 2. The molecule has 0 N–H and O–H groups in total. The summed E-state index contributed by atoms with van der Waals surface area (Å²) in [5, 5.41) is 0.289. The quantitative estimate of drug-likeness (QED) is 0.811. The highest BCUT2D eigenvalue weighted by atomic mass is 19.3. The van der Waals surface area contributed by atoms with E-state index in [2.05, 4.69) is 0 Å². The van der Waals surface area contributed by atoms with E-state index >= 15 is 0 Å². The summed E-state index contributed by atoms with van der Waals surface area (Å²) in [6.45, 7) is 0.640. The van der Waals surface area contributed by atoms with Crippen molar-refractivity contribution in [1.82, 2.24) is 5.06 Å². The molecule has 5 nitrogen and oxygen atoms in total. The van der Waals surface area contributed by atoms with Crippen LogP contribution in [-0.4, -0.2) is 22.8 Å². The van der Waals surface area contributed by atoms with E-state index in [0.29, 0.717) is 6.92 Å². The highest BCUT2D eigenvalue weighted by Gasteiger charge is 2.40. The molecule has 0 saturated heterocycles. The zero-order valence-corrected chi connectivity index (χ0v) is 12.5. The second-order valence-electron chi connectivity index (χ2n) is 5.26. The standard InChI is InChI=1S/C17H11F2NO4/c1-17(18,19)13-9-5-4-8-12(13)16(23)24-20-14(21)10-6-2-3-7-11(10)15(20)22/h2-9H,1H3. The lowest BCUT2D eigenvalue weighted by Gasteiger charge is -2.17. The monoisotopic (exact) mass is 331 g/mol. The summed E-state index contributed by atoms with van der Waals surface area (Å²) in [7, 11) is 0. The van der Waals surface area contributed by atoms with Gasteiger partial charge in [-0.15, -0.1) is 0 Å². The van der Waals surface area contributed by atoms with Crippen molar-refractivity contribution >= 4 is 17.8 Å². The van der Waals surface area contributed by atoms with Gasteiger partial charge in [-0.25, -0.2) is 13.6 Å². The lowest BCUT2D eigenvalue weighted by Crippen LogP contribution is -2.33. The maximum Gasteiger partial charge on any atom is 0.364 e. The zero-order valence-electron chi connectivity index (χ0n) is 12.5. The minimum absolute atomic E-state index is 0.0874. The number of carbonyl (C=O) groups is 3. The molecule has 7 heteroatoms. The average Bonchev–Trinajstić information content (AvgIpc) is 2.79. The Kier molecular flexibility index (Phi) is 3.63. The summed E-state index contributed by atoms with van der Waals surface area (Å²) in [6.07, 6.45) is 0. The van der Waals surface area contributed by atoms with E-state index in [0.717, 1.165) is 12.1 Å². The van der Waals surface area contributed by atoms with Crippen molar-refractivity contribution in [3.63, 3.8) is 0 Å². The Hall–Kier alpha value is -3.09. The fourth-order valence-corrected chi connectivity index (χ4v) is 2.43. The normalized spacial score (nSPS) is 13.9. The Morgan fingerprint density at radius 2 is 1.46 bits per heavy atom. The van der Waals surface area contributed by atoms with Crippen LogP contribution in [0.25, 0.3) is 0 Å². The molecule has 0 atom stereocenters. The number of imide groups is 1. The van der Waals surface area contributed by atoms with Crippen molar-refractivity contribution < 1.29 is 28.0 Å². The predicted molar refractivity (Wildman–Crippen MR) is 78.4 cm³/mol. The first-order valence-electron chi connectivity index (χ1n) is 6.98. The largest absolute Gasteiger partial charge is 0.364 e. The minimum Gasteiger partial charge on any atom is -0.324 e. The maximum atomic E-state index is 13.6. The number of carbonyl (C=O) groups excluding carboxylic acids is 3. The van der Waals surface area contributed by atoms with Crippen LogP contribution < -0.4 is 0 Å². The van der Waals surface area contributed by atoms with E-state index in [1.54, 1.807) is 12.1 Å². The van der Waals surface area contributed by atoms with Crippen LogP contribution in [-0.2, 0) is 10.8 Å². The molecule has 1 aliphatic heterocycles. The number of nitrogens with zero attached hydrogens (tertiary/aromatic N) is 1. The molecular formula is C17H11F2NO4. The summed E-state index contributed by atoms with van der Waals surface area (Å²) in [6, 6.07) is 10.9. The minimum atomic E-state index is -3.28. The number of hydrogen-bond acceptors (Lipinski definition) is 4. The fourth-order valence-electron chi connectivity index (χ4n) is 2.43. The Balaban J connectivity index is 1.90. The smallest absolute Gasteiger partial charge is 0.324 e. The third-order valence-corrected chi connectivity index (χ3v) is 3.55. The Morgan fingerprint density at radius 1 is 0.958 bits per heavy atom. The van der Waals surface area contributed by atoms with E-state index < -0.39 is 34.8 Å². The molecule has 1 aliphatic rings. The summed E-state index contributed by atoms with van der Waals surface area (Å²) in [5.74, 6) is -6.12. The molecule has 0 spiro atoms. The van der Waals surface area contributed by atoms with Crippen molar-refractivity contribution in [2.24, 2.45) is 0 Å². The van der Waals surface area contributed by atoms with Gasteiger partial charge in [-0.05, 0) is 18.2 Å². The number of hydroxylamine groups is 2. The molecule has 0 aromatic heterocycles. The van der Waals surface area contributed by atoms with Crippen LogP contribution in [0.5, 0.6) is 0 Å². The van der Waals surface area contributed by atoms with Crippen LogP contribution in [0.4, 0.5) is 8.78 Å². The van der Waals surface area contributed by atoms with E-state index in [9.17, 15) is 23.2 Å². The lowest BCUT2D eigenvalue weighted by molar-refractivity contribution is -0.0592. The van der Waals surface area contributed by atoms with Crippen LogP contribution >= 0.6 is 0 Å². The SMILES string of the molecule is CC(F)(F)c1ccccc1C(=O)ON1C(=O)c2ccccc2C1=O. The summed E-state index contributed by atoms with van der Waals surface area (Å²) >= 11 is 0. The van der Waals surface area contributed by atoms with Crippen molar-refractivity contribution in [1.29, 1.82) is 0 Å².